The number of pyridine rings is 1. The van der Waals surface area contributed by atoms with Crippen molar-refractivity contribution >= 4 is 11.4 Å². The molecule has 0 amide bonds. The number of methoxy groups -OCH3 is 1. The molecule has 0 radical (unpaired) electrons. The highest BCUT2D eigenvalue weighted by Crippen LogP contribution is 2.35. The summed E-state index contributed by atoms with van der Waals surface area (Å²) in [6.07, 6.45) is 5.15. The molecule has 0 bridgehead atoms. The Bertz CT molecular complexity index is 654. The molecule has 3 rings (SSSR count). The average molecular weight is 283 g/mol. The molecule has 110 valence electrons. The van der Waals surface area contributed by atoms with Crippen LogP contribution in [0.5, 0.6) is 5.75 Å². The lowest BCUT2D eigenvalue weighted by molar-refractivity contribution is 0.413. The topological polar surface area (TPSA) is 60.2 Å². The number of aromatic nitrogens is 1. The van der Waals surface area contributed by atoms with Crippen LogP contribution in [0.2, 0.25) is 0 Å². The van der Waals surface area contributed by atoms with Gasteiger partial charge in [0.1, 0.15) is 0 Å². The van der Waals surface area contributed by atoms with Crippen molar-refractivity contribution in [1.82, 2.24) is 4.98 Å². The summed E-state index contributed by atoms with van der Waals surface area (Å²) in [5.74, 6) is 0.781. The van der Waals surface area contributed by atoms with Crippen LogP contribution in [0.15, 0.2) is 30.5 Å². The molecule has 4 nitrogen and oxygen atoms in total. The lowest BCUT2D eigenvalue weighted by Crippen LogP contribution is -2.18. The van der Waals surface area contributed by atoms with Gasteiger partial charge in [-0.15, -0.1) is 0 Å². The van der Waals surface area contributed by atoms with Crippen molar-refractivity contribution in [1.29, 1.82) is 0 Å². The summed E-state index contributed by atoms with van der Waals surface area (Å²) in [5, 5.41) is 3.61. The quantitative estimate of drug-likeness (QED) is 0.847. The smallest absolute Gasteiger partial charge is 0.160 e. The summed E-state index contributed by atoms with van der Waals surface area (Å²) < 4.78 is 5.40. The van der Waals surface area contributed by atoms with Gasteiger partial charge in [0.05, 0.1) is 25.0 Å². The molecule has 1 aliphatic rings. The first-order valence-corrected chi connectivity index (χ1v) is 7.33. The first-order chi connectivity index (χ1) is 10.2. The van der Waals surface area contributed by atoms with E-state index in [1.165, 1.54) is 17.5 Å². The molecule has 1 aliphatic carbocycles. The van der Waals surface area contributed by atoms with Crippen LogP contribution in [-0.4, -0.2) is 12.1 Å². The van der Waals surface area contributed by atoms with Crippen molar-refractivity contribution in [3.05, 3.63) is 47.3 Å². The summed E-state index contributed by atoms with van der Waals surface area (Å²) in [5.41, 5.74) is 11.4. The average Bonchev–Trinajstić information content (AvgIpc) is 2.47. The molecule has 3 N–H and O–H groups in total. The number of nitrogens with one attached hydrogen (secondary N) is 1. The van der Waals surface area contributed by atoms with E-state index < -0.39 is 0 Å². The van der Waals surface area contributed by atoms with Crippen LogP contribution in [0, 0.1) is 6.92 Å². The lowest BCUT2D eigenvalue weighted by Gasteiger charge is -2.28. The van der Waals surface area contributed by atoms with Gasteiger partial charge in [-0.25, -0.2) is 0 Å². The molecular weight excluding hydrogens is 262 g/mol. The van der Waals surface area contributed by atoms with Crippen molar-refractivity contribution < 1.29 is 4.74 Å². The molecule has 21 heavy (non-hydrogen) atoms. The fraction of sp³-hybridized carbons (Fsp3) is 0.353. The molecule has 1 aromatic heterocycles. The number of benzene rings is 1. The minimum Gasteiger partial charge on any atom is -0.493 e. The zero-order valence-electron chi connectivity index (χ0n) is 12.5. The van der Waals surface area contributed by atoms with Crippen LogP contribution in [0.4, 0.5) is 11.4 Å². The van der Waals surface area contributed by atoms with E-state index in [1.54, 1.807) is 13.3 Å². The Labute approximate surface area is 125 Å². The van der Waals surface area contributed by atoms with E-state index in [-0.39, 0.29) is 0 Å². The third kappa shape index (κ3) is 2.79. The van der Waals surface area contributed by atoms with E-state index >= 15 is 0 Å². The third-order valence-electron chi connectivity index (χ3n) is 4.04. The van der Waals surface area contributed by atoms with Gasteiger partial charge in [0.25, 0.3) is 0 Å². The molecule has 1 heterocycles. The Morgan fingerprint density at radius 3 is 3.00 bits per heavy atom. The van der Waals surface area contributed by atoms with Crippen LogP contribution < -0.4 is 15.8 Å². The van der Waals surface area contributed by atoms with Crippen LogP contribution in [-0.2, 0) is 6.42 Å². The Hall–Kier alpha value is -2.23. The van der Waals surface area contributed by atoms with Crippen LogP contribution in [0.25, 0.3) is 0 Å². The highest BCUT2D eigenvalue weighted by atomic mass is 16.5. The van der Waals surface area contributed by atoms with Gasteiger partial charge in [-0.2, -0.15) is 0 Å². The number of fused-ring (bicyclic) bond motifs is 1. The standard InChI is InChI=1S/C17H21N3O/c1-11-8-16(17(21-2)10-19-11)20-15-5-3-4-12-9-13(18)6-7-14(12)15/h6-10,15H,3-5,18H2,1-2H3,(H,19,20). The molecule has 1 aromatic carbocycles. The van der Waals surface area contributed by atoms with E-state index in [4.69, 9.17) is 10.5 Å². The number of nitrogens with two attached hydrogens (primary N) is 1. The van der Waals surface area contributed by atoms with Gasteiger partial charge < -0.3 is 15.8 Å². The highest BCUT2D eigenvalue weighted by Gasteiger charge is 2.21. The Balaban J connectivity index is 1.92. The van der Waals surface area contributed by atoms with Gasteiger partial charge in [-0.3, -0.25) is 4.98 Å². The number of hydrogen-bond acceptors (Lipinski definition) is 4. The maximum absolute atomic E-state index is 5.90. The predicted octanol–water partition coefficient (Wildman–Crippen LogP) is 3.47. The van der Waals surface area contributed by atoms with E-state index in [1.807, 2.05) is 19.1 Å². The summed E-state index contributed by atoms with van der Waals surface area (Å²) in [6, 6.07) is 8.54. The monoisotopic (exact) mass is 283 g/mol. The summed E-state index contributed by atoms with van der Waals surface area (Å²) in [7, 11) is 1.67. The second-order valence-corrected chi connectivity index (χ2v) is 5.57. The first kappa shape index (κ1) is 13.7. The van der Waals surface area contributed by atoms with E-state index in [0.717, 1.165) is 35.7 Å². The molecule has 0 fully saturated rings. The Morgan fingerprint density at radius 2 is 2.19 bits per heavy atom. The van der Waals surface area contributed by atoms with Crippen molar-refractivity contribution in [2.45, 2.75) is 32.2 Å². The fourth-order valence-corrected chi connectivity index (χ4v) is 2.99. The van der Waals surface area contributed by atoms with Crippen molar-refractivity contribution in [2.24, 2.45) is 0 Å². The zero-order valence-corrected chi connectivity index (χ0v) is 12.5. The molecule has 4 heteroatoms. The molecule has 0 saturated carbocycles. The number of nitrogens with zero attached hydrogens (tertiary/aromatic N) is 1. The maximum Gasteiger partial charge on any atom is 0.160 e. The molecule has 2 aromatic rings. The number of aryl methyl sites for hydroxylation is 2. The number of hydrogen-bond donors (Lipinski definition) is 2. The lowest BCUT2D eigenvalue weighted by atomic mass is 9.87. The van der Waals surface area contributed by atoms with Crippen LogP contribution in [0.1, 0.15) is 35.7 Å². The SMILES string of the molecule is COc1cnc(C)cc1NC1CCCc2cc(N)ccc21. The van der Waals surface area contributed by atoms with Gasteiger partial charge in [-0.1, -0.05) is 6.07 Å². The molecule has 0 spiro atoms. The second-order valence-electron chi connectivity index (χ2n) is 5.57. The highest BCUT2D eigenvalue weighted by molar-refractivity contribution is 5.58. The summed E-state index contributed by atoms with van der Waals surface area (Å²) in [6.45, 7) is 1.99. The molecule has 1 atom stereocenters. The van der Waals surface area contributed by atoms with Crippen molar-refractivity contribution in [2.75, 3.05) is 18.2 Å². The summed E-state index contributed by atoms with van der Waals surface area (Å²) in [4.78, 5) is 4.28. The number of rotatable bonds is 3. The number of ether oxygens (including phenoxy) is 1. The van der Waals surface area contributed by atoms with E-state index in [0.29, 0.717) is 6.04 Å². The second kappa shape index (κ2) is 5.64. The van der Waals surface area contributed by atoms with Crippen molar-refractivity contribution in [3.63, 3.8) is 0 Å². The molecule has 0 saturated heterocycles. The maximum atomic E-state index is 5.90. The normalized spacial score (nSPS) is 17.1. The van der Waals surface area contributed by atoms with E-state index in [9.17, 15) is 0 Å². The Kier molecular flexibility index (Phi) is 3.69. The van der Waals surface area contributed by atoms with Gasteiger partial charge in [0.15, 0.2) is 5.75 Å². The third-order valence-corrected chi connectivity index (χ3v) is 4.04. The van der Waals surface area contributed by atoms with E-state index in [2.05, 4.69) is 22.4 Å². The van der Waals surface area contributed by atoms with Crippen LogP contribution >= 0.6 is 0 Å². The van der Waals surface area contributed by atoms with Gasteiger partial charge in [-0.05, 0) is 55.5 Å². The van der Waals surface area contributed by atoms with Gasteiger partial charge >= 0.3 is 0 Å². The molecule has 1 unspecified atom stereocenters. The fourth-order valence-electron chi connectivity index (χ4n) is 2.99. The summed E-state index contributed by atoms with van der Waals surface area (Å²) >= 11 is 0. The first-order valence-electron chi connectivity index (χ1n) is 7.33. The molecule has 0 aliphatic heterocycles. The minimum atomic E-state index is 0.296. The minimum absolute atomic E-state index is 0.296. The zero-order chi connectivity index (χ0) is 14.8. The number of anilines is 2. The predicted molar refractivity (Wildman–Crippen MR) is 85.7 cm³/mol. The van der Waals surface area contributed by atoms with Gasteiger partial charge in [0, 0.05) is 11.4 Å². The molecular formula is C17H21N3O. The number of nitrogen functional groups attached to an aromatic ring is 1. The largest absolute Gasteiger partial charge is 0.493 e. The van der Waals surface area contributed by atoms with Crippen molar-refractivity contribution in [3.8, 4) is 5.75 Å². The van der Waals surface area contributed by atoms with Crippen LogP contribution in [0.3, 0.4) is 0 Å². The van der Waals surface area contributed by atoms with Gasteiger partial charge in [0.2, 0.25) is 0 Å². The Morgan fingerprint density at radius 1 is 1.33 bits per heavy atom.